The fraction of sp³-hybridized carbons (Fsp3) is 0.263. The molecule has 0 atom stereocenters. The van der Waals surface area contributed by atoms with E-state index in [0.29, 0.717) is 5.56 Å². The Morgan fingerprint density at radius 3 is 2.54 bits per heavy atom. The highest BCUT2D eigenvalue weighted by molar-refractivity contribution is 5.96. The normalized spacial score (nSPS) is 10.1. The number of nitrogens with one attached hydrogen (secondary N) is 1. The molecule has 1 amide bonds. The van der Waals surface area contributed by atoms with Crippen molar-refractivity contribution in [3.05, 3.63) is 59.7 Å². The van der Waals surface area contributed by atoms with Gasteiger partial charge in [0.15, 0.2) is 6.61 Å². The van der Waals surface area contributed by atoms with Gasteiger partial charge in [-0.1, -0.05) is 31.2 Å². The lowest BCUT2D eigenvalue weighted by Gasteiger charge is -2.13. The summed E-state index contributed by atoms with van der Waals surface area (Å²) >= 11 is 0. The third-order valence-corrected chi connectivity index (χ3v) is 3.60. The summed E-state index contributed by atoms with van der Waals surface area (Å²) < 4.78 is 5.10. The number of aryl methyl sites for hydroxylation is 1. The van der Waals surface area contributed by atoms with Crippen LogP contribution in [-0.4, -0.2) is 32.6 Å². The lowest BCUT2D eigenvalue weighted by Crippen LogP contribution is -2.21. The van der Waals surface area contributed by atoms with Crippen LogP contribution in [0.25, 0.3) is 0 Å². The molecule has 2 rings (SSSR count). The summed E-state index contributed by atoms with van der Waals surface area (Å²) in [6.07, 6.45) is 0.813. The number of esters is 1. The van der Waals surface area contributed by atoms with Crippen LogP contribution < -0.4 is 10.2 Å². The molecule has 0 aromatic heterocycles. The molecule has 0 saturated heterocycles. The van der Waals surface area contributed by atoms with Crippen molar-refractivity contribution in [2.75, 3.05) is 30.9 Å². The molecule has 0 saturated carbocycles. The Labute approximate surface area is 142 Å². The summed E-state index contributed by atoms with van der Waals surface area (Å²) in [6, 6.07) is 14.6. The van der Waals surface area contributed by atoms with Crippen molar-refractivity contribution in [3.8, 4) is 0 Å². The fourth-order valence-electron chi connectivity index (χ4n) is 2.26. The molecule has 2 aromatic carbocycles. The van der Waals surface area contributed by atoms with E-state index in [1.807, 2.05) is 56.3 Å². The van der Waals surface area contributed by atoms with Crippen LogP contribution in [0.3, 0.4) is 0 Å². The number of para-hydroxylation sites is 1. The molecule has 2 aromatic rings. The molecule has 0 fully saturated rings. The second kappa shape index (κ2) is 8.15. The van der Waals surface area contributed by atoms with Crippen LogP contribution in [-0.2, 0) is 16.0 Å². The number of carbonyl (C=O) groups is 2. The Bertz CT molecular complexity index is 726. The molecule has 0 aliphatic rings. The van der Waals surface area contributed by atoms with Gasteiger partial charge in [-0.25, -0.2) is 4.79 Å². The molecule has 0 radical (unpaired) electrons. The van der Waals surface area contributed by atoms with Crippen molar-refractivity contribution in [3.63, 3.8) is 0 Å². The summed E-state index contributed by atoms with van der Waals surface area (Å²) in [5, 5.41) is 2.77. The predicted octanol–water partition coefficient (Wildman–Crippen LogP) is 3.11. The highest BCUT2D eigenvalue weighted by Crippen LogP contribution is 2.16. The van der Waals surface area contributed by atoms with Gasteiger partial charge < -0.3 is 15.0 Å². The van der Waals surface area contributed by atoms with Crippen molar-refractivity contribution >= 4 is 23.3 Å². The van der Waals surface area contributed by atoms with Crippen LogP contribution >= 0.6 is 0 Å². The van der Waals surface area contributed by atoms with Crippen LogP contribution in [0.1, 0.15) is 22.8 Å². The first-order chi connectivity index (χ1) is 11.5. The van der Waals surface area contributed by atoms with E-state index in [9.17, 15) is 9.59 Å². The third-order valence-electron chi connectivity index (χ3n) is 3.60. The van der Waals surface area contributed by atoms with Crippen molar-refractivity contribution in [2.45, 2.75) is 13.3 Å². The highest BCUT2D eigenvalue weighted by atomic mass is 16.5. The molecule has 5 heteroatoms. The van der Waals surface area contributed by atoms with E-state index < -0.39 is 5.97 Å². The first kappa shape index (κ1) is 17.5. The van der Waals surface area contributed by atoms with E-state index in [1.165, 1.54) is 0 Å². The van der Waals surface area contributed by atoms with E-state index >= 15 is 0 Å². The maximum atomic E-state index is 12.1. The van der Waals surface area contributed by atoms with Gasteiger partial charge in [0.1, 0.15) is 0 Å². The minimum absolute atomic E-state index is 0.316. The van der Waals surface area contributed by atoms with E-state index in [-0.39, 0.29) is 12.5 Å². The number of amides is 1. The summed E-state index contributed by atoms with van der Waals surface area (Å²) in [6.45, 7) is 1.70. The Kier molecular flexibility index (Phi) is 5.95. The second-order valence-corrected chi connectivity index (χ2v) is 5.58. The van der Waals surface area contributed by atoms with Gasteiger partial charge in [-0.05, 0) is 36.2 Å². The van der Waals surface area contributed by atoms with E-state index in [0.717, 1.165) is 23.4 Å². The van der Waals surface area contributed by atoms with Crippen LogP contribution in [0.2, 0.25) is 0 Å². The molecule has 0 aliphatic heterocycles. The van der Waals surface area contributed by atoms with E-state index in [1.54, 1.807) is 18.2 Å². The highest BCUT2D eigenvalue weighted by Gasteiger charge is 2.12. The first-order valence-electron chi connectivity index (χ1n) is 7.83. The topological polar surface area (TPSA) is 58.6 Å². The van der Waals surface area contributed by atoms with Crippen molar-refractivity contribution < 1.29 is 14.3 Å². The Hall–Kier alpha value is -2.82. The predicted molar refractivity (Wildman–Crippen MR) is 95.5 cm³/mol. The molecular formula is C19H22N2O3. The third kappa shape index (κ3) is 4.59. The number of nitrogens with zero attached hydrogens (tertiary/aromatic N) is 1. The van der Waals surface area contributed by atoms with Gasteiger partial charge >= 0.3 is 5.97 Å². The molecule has 0 aliphatic carbocycles. The summed E-state index contributed by atoms with van der Waals surface area (Å²) in [5.74, 6) is -0.870. The maximum absolute atomic E-state index is 12.1. The van der Waals surface area contributed by atoms with Crippen LogP contribution in [0.5, 0.6) is 0 Å². The molecule has 1 N–H and O–H groups in total. The van der Waals surface area contributed by atoms with Gasteiger partial charge in [0.2, 0.25) is 0 Å². The zero-order chi connectivity index (χ0) is 17.5. The van der Waals surface area contributed by atoms with Gasteiger partial charge in [0, 0.05) is 25.5 Å². The Balaban J connectivity index is 1.94. The van der Waals surface area contributed by atoms with Crippen LogP contribution in [0.15, 0.2) is 48.5 Å². The molecule has 0 unspecified atom stereocenters. The van der Waals surface area contributed by atoms with Gasteiger partial charge in [0.25, 0.3) is 5.91 Å². The SMILES string of the molecule is CCc1ccccc1NC(=O)COC(=O)c1cccc(N(C)C)c1. The van der Waals surface area contributed by atoms with Crippen molar-refractivity contribution in [1.82, 2.24) is 0 Å². The average Bonchev–Trinajstić information content (AvgIpc) is 2.60. The summed E-state index contributed by atoms with van der Waals surface area (Å²) in [5.41, 5.74) is 3.10. The Morgan fingerprint density at radius 1 is 1.08 bits per heavy atom. The smallest absolute Gasteiger partial charge is 0.338 e. The molecule has 126 valence electrons. The fourth-order valence-corrected chi connectivity index (χ4v) is 2.26. The largest absolute Gasteiger partial charge is 0.452 e. The summed E-state index contributed by atoms with van der Waals surface area (Å²) in [4.78, 5) is 26.0. The summed E-state index contributed by atoms with van der Waals surface area (Å²) in [7, 11) is 3.78. The molecule has 24 heavy (non-hydrogen) atoms. The molecular weight excluding hydrogens is 304 g/mol. The van der Waals surface area contributed by atoms with Gasteiger partial charge in [0.05, 0.1) is 5.56 Å². The number of hydrogen-bond donors (Lipinski definition) is 1. The number of hydrogen-bond acceptors (Lipinski definition) is 4. The monoisotopic (exact) mass is 326 g/mol. The second-order valence-electron chi connectivity index (χ2n) is 5.58. The molecule has 5 nitrogen and oxygen atoms in total. The number of benzene rings is 2. The van der Waals surface area contributed by atoms with Crippen molar-refractivity contribution in [1.29, 1.82) is 0 Å². The number of rotatable bonds is 6. The lowest BCUT2D eigenvalue weighted by atomic mass is 10.1. The van der Waals surface area contributed by atoms with Crippen LogP contribution in [0.4, 0.5) is 11.4 Å². The average molecular weight is 326 g/mol. The quantitative estimate of drug-likeness (QED) is 0.829. The molecule has 0 heterocycles. The van der Waals surface area contributed by atoms with Crippen molar-refractivity contribution in [2.24, 2.45) is 0 Å². The zero-order valence-electron chi connectivity index (χ0n) is 14.2. The standard InChI is InChI=1S/C19H22N2O3/c1-4-14-8-5-6-11-17(14)20-18(22)13-24-19(23)15-9-7-10-16(12-15)21(2)3/h5-12H,4,13H2,1-3H3,(H,20,22). The number of ether oxygens (including phenoxy) is 1. The minimum atomic E-state index is -0.516. The van der Waals surface area contributed by atoms with Gasteiger partial charge in [-0.2, -0.15) is 0 Å². The lowest BCUT2D eigenvalue weighted by molar-refractivity contribution is -0.119. The molecule has 0 bridgehead atoms. The maximum Gasteiger partial charge on any atom is 0.338 e. The van der Waals surface area contributed by atoms with E-state index in [4.69, 9.17) is 4.74 Å². The number of carbonyl (C=O) groups excluding carboxylic acids is 2. The zero-order valence-corrected chi connectivity index (χ0v) is 14.2. The van der Waals surface area contributed by atoms with Gasteiger partial charge in [-0.15, -0.1) is 0 Å². The number of anilines is 2. The van der Waals surface area contributed by atoms with E-state index in [2.05, 4.69) is 5.32 Å². The van der Waals surface area contributed by atoms with Gasteiger partial charge in [-0.3, -0.25) is 4.79 Å². The van der Waals surface area contributed by atoms with Crippen LogP contribution in [0, 0.1) is 0 Å². The molecule has 0 spiro atoms. The first-order valence-corrected chi connectivity index (χ1v) is 7.83. The Morgan fingerprint density at radius 2 is 1.83 bits per heavy atom. The minimum Gasteiger partial charge on any atom is -0.452 e.